The van der Waals surface area contributed by atoms with Gasteiger partial charge in [0.15, 0.2) is 0 Å². The highest BCUT2D eigenvalue weighted by atomic mass is 16.2. The maximum atomic E-state index is 12.2. The van der Waals surface area contributed by atoms with Crippen molar-refractivity contribution >= 4 is 5.91 Å². The van der Waals surface area contributed by atoms with Crippen molar-refractivity contribution in [2.75, 3.05) is 20.1 Å². The van der Waals surface area contributed by atoms with Gasteiger partial charge in [0.2, 0.25) is 0 Å². The van der Waals surface area contributed by atoms with Crippen molar-refractivity contribution in [1.82, 2.24) is 14.8 Å². The first-order valence-corrected chi connectivity index (χ1v) is 5.87. The van der Waals surface area contributed by atoms with Crippen LogP contribution in [0.5, 0.6) is 0 Å². The van der Waals surface area contributed by atoms with Crippen molar-refractivity contribution in [2.24, 2.45) is 0 Å². The number of hydrogen-bond acceptors (Lipinski definition) is 2. The number of nitrogens with zero attached hydrogens (tertiary/aromatic N) is 2. The van der Waals surface area contributed by atoms with E-state index in [1.807, 2.05) is 34.8 Å². The molecule has 1 fully saturated rings. The van der Waals surface area contributed by atoms with Crippen LogP contribution >= 0.6 is 0 Å². The van der Waals surface area contributed by atoms with E-state index in [2.05, 4.69) is 12.2 Å². The Kier molecular flexibility index (Phi) is 3.29. The highest BCUT2D eigenvalue weighted by Gasteiger charge is 2.27. The normalized spacial score (nSPS) is 15.9. The van der Waals surface area contributed by atoms with E-state index in [1.165, 1.54) is 0 Å². The summed E-state index contributed by atoms with van der Waals surface area (Å²) in [6.45, 7) is 4.85. The predicted molar refractivity (Wildman–Crippen MR) is 63.5 cm³/mol. The Labute approximate surface area is 96.2 Å². The van der Waals surface area contributed by atoms with Gasteiger partial charge in [-0.3, -0.25) is 4.79 Å². The van der Waals surface area contributed by atoms with Crippen LogP contribution < -0.4 is 5.32 Å². The molecule has 0 radical (unpaired) electrons. The average molecular weight is 221 g/mol. The van der Waals surface area contributed by atoms with Crippen LogP contribution in [-0.4, -0.2) is 41.6 Å². The molecular formula is C12H19N3O. The average Bonchev–Trinajstić information content (AvgIpc) is 2.62. The summed E-state index contributed by atoms with van der Waals surface area (Å²) >= 11 is 0. The molecule has 1 aliphatic rings. The van der Waals surface area contributed by atoms with Crippen LogP contribution in [0.2, 0.25) is 0 Å². The van der Waals surface area contributed by atoms with Crippen molar-refractivity contribution in [1.29, 1.82) is 0 Å². The molecule has 88 valence electrons. The van der Waals surface area contributed by atoms with Gasteiger partial charge in [-0.1, -0.05) is 6.92 Å². The molecule has 1 saturated heterocycles. The van der Waals surface area contributed by atoms with E-state index < -0.39 is 0 Å². The maximum Gasteiger partial charge on any atom is 0.270 e. The molecule has 1 aromatic rings. The minimum Gasteiger partial charge on any atom is -0.344 e. The third kappa shape index (κ3) is 1.97. The van der Waals surface area contributed by atoms with E-state index in [0.29, 0.717) is 6.04 Å². The second-order valence-electron chi connectivity index (χ2n) is 4.31. The number of amides is 1. The topological polar surface area (TPSA) is 37.3 Å². The molecule has 0 aliphatic carbocycles. The molecule has 2 rings (SSSR count). The van der Waals surface area contributed by atoms with Crippen LogP contribution in [0.4, 0.5) is 0 Å². The molecule has 0 spiro atoms. The maximum absolute atomic E-state index is 12.2. The number of aromatic nitrogens is 1. The molecule has 1 aromatic heterocycles. The summed E-state index contributed by atoms with van der Waals surface area (Å²) in [5.74, 6) is 0.130. The third-order valence-electron chi connectivity index (χ3n) is 3.14. The van der Waals surface area contributed by atoms with E-state index in [4.69, 9.17) is 0 Å². The molecule has 1 amide bonds. The molecule has 4 heteroatoms. The summed E-state index contributed by atoms with van der Waals surface area (Å²) in [6, 6.07) is 4.20. The standard InChI is InChI=1S/C12H19N3O/c1-3-6-15-7-4-5-11(15)12(16)14(2)10-8-13-9-10/h4-5,7,10,13H,3,6,8-9H2,1-2H3. The van der Waals surface area contributed by atoms with Crippen LogP contribution in [0, 0.1) is 0 Å². The number of nitrogens with one attached hydrogen (secondary N) is 1. The van der Waals surface area contributed by atoms with Crippen molar-refractivity contribution in [3.8, 4) is 0 Å². The molecule has 0 saturated carbocycles. The molecule has 4 nitrogen and oxygen atoms in total. The first-order chi connectivity index (χ1) is 7.74. The number of rotatable bonds is 4. The lowest BCUT2D eigenvalue weighted by molar-refractivity contribution is 0.0670. The van der Waals surface area contributed by atoms with Crippen molar-refractivity contribution in [3.63, 3.8) is 0 Å². The molecule has 0 atom stereocenters. The Hall–Kier alpha value is -1.29. The molecule has 0 aromatic carbocycles. The lowest BCUT2D eigenvalue weighted by Gasteiger charge is -2.35. The molecule has 1 aliphatic heterocycles. The number of carbonyl (C=O) groups excluding carboxylic acids is 1. The minimum absolute atomic E-state index is 0.130. The highest BCUT2D eigenvalue weighted by Crippen LogP contribution is 2.11. The van der Waals surface area contributed by atoms with Crippen molar-refractivity contribution in [2.45, 2.75) is 25.9 Å². The number of carbonyl (C=O) groups is 1. The van der Waals surface area contributed by atoms with Gasteiger partial charge >= 0.3 is 0 Å². The number of likely N-dealkylation sites (N-methyl/N-ethyl adjacent to an activating group) is 1. The molecule has 0 unspecified atom stereocenters. The monoisotopic (exact) mass is 221 g/mol. The second kappa shape index (κ2) is 4.70. The van der Waals surface area contributed by atoms with Crippen LogP contribution in [0.1, 0.15) is 23.8 Å². The molecule has 0 bridgehead atoms. The zero-order valence-electron chi connectivity index (χ0n) is 9.94. The Morgan fingerprint density at radius 3 is 2.94 bits per heavy atom. The van der Waals surface area contributed by atoms with Crippen molar-refractivity contribution in [3.05, 3.63) is 24.0 Å². The van der Waals surface area contributed by atoms with E-state index in [9.17, 15) is 4.79 Å². The lowest BCUT2D eigenvalue weighted by atomic mass is 10.1. The zero-order valence-corrected chi connectivity index (χ0v) is 9.94. The largest absolute Gasteiger partial charge is 0.344 e. The second-order valence-corrected chi connectivity index (χ2v) is 4.31. The fourth-order valence-electron chi connectivity index (χ4n) is 1.94. The Balaban J connectivity index is 2.09. The van der Waals surface area contributed by atoms with Crippen LogP contribution in [0.3, 0.4) is 0 Å². The first-order valence-electron chi connectivity index (χ1n) is 5.87. The summed E-state index contributed by atoms with van der Waals surface area (Å²) in [6.07, 6.45) is 3.02. The summed E-state index contributed by atoms with van der Waals surface area (Å²) in [5.41, 5.74) is 0.802. The SMILES string of the molecule is CCCn1cccc1C(=O)N(C)C1CNC1. The zero-order chi connectivity index (χ0) is 11.5. The highest BCUT2D eigenvalue weighted by molar-refractivity contribution is 5.92. The summed E-state index contributed by atoms with van der Waals surface area (Å²) < 4.78 is 2.03. The fraction of sp³-hybridized carbons (Fsp3) is 0.583. The molecule has 1 N–H and O–H groups in total. The predicted octanol–water partition coefficient (Wildman–Crippen LogP) is 0.942. The van der Waals surface area contributed by atoms with Gasteiger partial charge in [0, 0.05) is 32.9 Å². The smallest absolute Gasteiger partial charge is 0.270 e. The van der Waals surface area contributed by atoms with Gasteiger partial charge in [-0.05, 0) is 18.6 Å². The van der Waals surface area contributed by atoms with Gasteiger partial charge in [0.05, 0.1) is 6.04 Å². The van der Waals surface area contributed by atoms with Crippen LogP contribution in [0.25, 0.3) is 0 Å². The summed E-state index contributed by atoms with van der Waals surface area (Å²) in [4.78, 5) is 14.1. The first kappa shape index (κ1) is 11.2. The van der Waals surface area contributed by atoms with Gasteiger partial charge in [-0.2, -0.15) is 0 Å². The number of hydrogen-bond donors (Lipinski definition) is 1. The lowest BCUT2D eigenvalue weighted by Crippen LogP contribution is -2.57. The van der Waals surface area contributed by atoms with Gasteiger partial charge < -0.3 is 14.8 Å². The molecular weight excluding hydrogens is 202 g/mol. The van der Waals surface area contributed by atoms with Gasteiger partial charge in [-0.25, -0.2) is 0 Å². The van der Waals surface area contributed by atoms with E-state index in [0.717, 1.165) is 31.7 Å². The Morgan fingerprint density at radius 2 is 2.38 bits per heavy atom. The van der Waals surface area contributed by atoms with Gasteiger partial charge in [-0.15, -0.1) is 0 Å². The Morgan fingerprint density at radius 1 is 1.62 bits per heavy atom. The van der Waals surface area contributed by atoms with E-state index in [-0.39, 0.29) is 5.91 Å². The van der Waals surface area contributed by atoms with Gasteiger partial charge in [0.1, 0.15) is 5.69 Å². The summed E-state index contributed by atoms with van der Waals surface area (Å²) in [5, 5.41) is 3.18. The minimum atomic E-state index is 0.130. The van der Waals surface area contributed by atoms with E-state index in [1.54, 1.807) is 0 Å². The van der Waals surface area contributed by atoms with Crippen LogP contribution in [-0.2, 0) is 6.54 Å². The van der Waals surface area contributed by atoms with Crippen LogP contribution in [0.15, 0.2) is 18.3 Å². The molecule has 2 heterocycles. The summed E-state index contributed by atoms with van der Waals surface area (Å²) in [7, 11) is 1.89. The quantitative estimate of drug-likeness (QED) is 0.821. The van der Waals surface area contributed by atoms with E-state index >= 15 is 0 Å². The number of aryl methyl sites for hydroxylation is 1. The molecule has 16 heavy (non-hydrogen) atoms. The van der Waals surface area contributed by atoms with Crippen molar-refractivity contribution < 1.29 is 4.79 Å². The third-order valence-corrected chi connectivity index (χ3v) is 3.14. The van der Waals surface area contributed by atoms with Gasteiger partial charge in [0.25, 0.3) is 5.91 Å². The Bertz CT molecular complexity index is 368. The fourth-order valence-corrected chi connectivity index (χ4v) is 1.94.